The number of ether oxygens (including phenoxy) is 1. The highest BCUT2D eigenvalue weighted by Crippen LogP contribution is 2.23. The van der Waals surface area contributed by atoms with Crippen LogP contribution in [-0.4, -0.2) is 36.8 Å². The van der Waals surface area contributed by atoms with Gasteiger partial charge in [0.05, 0.1) is 6.07 Å². The minimum Gasteiger partial charge on any atom is -0.381 e. The molecule has 1 rings (SSSR count). The second-order valence-electron chi connectivity index (χ2n) is 4.83. The van der Waals surface area contributed by atoms with Crippen molar-refractivity contribution in [1.29, 1.82) is 5.26 Å². The van der Waals surface area contributed by atoms with Gasteiger partial charge in [0.25, 0.3) is 0 Å². The fourth-order valence-electron chi connectivity index (χ4n) is 1.91. The summed E-state index contributed by atoms with van der Waals surface area (Å²) in [6.07, 6.45) is 5.69. The van der Waals surface area contributed by atoms with Gasteiger partial charge in [-0.2, -0.15) is 17.0 Å². The van der Waals surface area contributed by atoms with Gasteiger partial charge >= 0.3 is 0 Å². The van der Waals surface area contributed by atoms with Crippen LogP contribution in [0.2, 0.25) is 0 Å². The van der Waals surface area contributed by atoms with Crippen molar-refractivity contribution >= 4 is 11.8 Å². The minimum atomic E-state index is -0.344. The summed E-state index contributed by atoms with van der Waals surface area (Å²) in [5, 5.41) is 12.9. The molecule has 4 heteroatoms. The Kier molecular flexibility index (Phi) is 6.94. The van der Waals surface area contributed by atoms with Crippen LogP contribution in [-0.2, 0) is 4.74 Å². The van der Waals surface area contributed by atoms with Crippen LogP contribution in [0.25, 0.3) is 0 Å². The molecule has 1 heterocycles. The number of rotatable bonds is 7. The quantitative estimate of drug-likeness (QED) is 0.711. The first kappa shape index (κ1) is 14.8. The van der Waals surface area contributed by atoms with Crippen molar-refractivity contribution < 1.29 is 4.74 Å². The molecule has 0 bridgehead atoms. The van der Waals surface area contributed by atoms with Gasteiger partial charge in [-0.3, -0.25) is 0 Å². The second-order valence-corrected chi connectivity index (χ2v) is 6.24. The van der Waals surface area contributed by atoms with E-state index in [0.717, 1.165) is 31.3 Å². The van der Waals surface area contributed by atoms with E-state index in [9.17, 15) is 0 Å². The van der Waals surface area contributed by atoms with Gasteiger partial charge in [0.1, 0.15) is 5.54 Å². The summed E-state index contributed by atoms with van der Waals surface area (Å²) in [6, 6.07) is 2.33. The van der Waals surface area contributed by atoms with E-state index < -0.39 is 0 Å². The molecule has 3 nitrogen and oxygen atoms in total. The zero-order valence-electron chi connectivity index (χ0n) is 11.0. The van der Waals surface area contributed by atoms with E-state index in [4.69, 9.17) is 10.00 Å². The first-order chi connectivity index (χ1) is 8.20. The van der Waals surface area contributed by atoms with Crippen LogP contribution in [0.15, 0.2) is 0 Å². The number of thioether (sulfide) groups is 1. The van der Waals surface area contributed by atoms with Crippen molar-refractivity contribution in [2.45, 2.75) is 49.8 Å². The van der Waals surface area contributed by atoms with Crippen molar-refractivity contribution in [3.8, 4) is 6.07 Å². The van der Waals surface area contributed by atoms with Crippen molar-refractivity contribution in [2.24, 2.45) is 0 Å². The summed E-state index contributed by atoms with van der Waals surface area (Å²) in [5.74, 6) is 1.22. The van der Waals surface area contributed by atoms with E-state index in [0.29, 0.717) is 0 Å². The number of unbranched alkanes of at least 4 members (excludes halogenated alkanes) is 1. The molecule has 1 aliphatic heterocycles. The van der Waals surface area contributed by atoms with Crippen molar-refractivity contribution in [3.05, 3.63) is 0 Å². The Morgan fingerprint density at radius 1 is 1.41 bits per heavy atom. The SMILES string of the molecule is CNC(C)(C#N)CCCCSC1CCOCC1. The lowest BCUT2D eigenvalue weighted by Gasteiger charge is -2.22. The van der Waals surface area contributed by atoms with Crippen molar-refractivity contribution in [2.75, 3.05) is 26.0 Å². The van der Waals surface area contributed by atoms with Gasteiger partial charge in [0.2, 0.25) is 0 Å². The highest BCUT2D eigenvalue weighted by molar-refractivity contribution is 7.99. The van der Waals surface area contributed by atoms with Crippen LogP contribution >= 0.6 is 11.8 Å². The van der Waals surface area contributed by atoms with Crippen molar-refractivity contribution in [3.63, 3.8) is 0 Å². The van der Waals surface area contributed by atoms with E-state index in [2.05, 4.69) is 23.1 Å². The number of nitriles is 1. The predicted molar refractivity (Wildman–Crippen MR) is 73.2 cm³/mol. The molecule has 0 saturated carbocycles. The minimum absolute atomic E-state index is 0.344. The van der Waals surface area contributed by atoms with E-state index >= 15 is 0 Å². The van der Waals surface area contributed by atoms with Gasteiger partial charge in [0.15, 0.2) is 0 Å². The van der Waals surface area contributed by atoms with Crippen molar-refractivity contribution in [1.82, 2.24) is 5.32 Å². The molecule has 98 valence electrons. The lowest BCUT2D eigenvalue weighted by atomic mass is 9.97. The third-order valence-electron chi connectivity index (χ3n) is 3.39. The molecule has 0 aliphatic carbocycles. The van der Waals surface area contributed by atoms with Gasteiger partial charge < -0.3 is 10.1 Å². The molecule has 1 N–H and O–H groups in total. The van der Waals surface area contributed by atoms with E-state index in [1.165, 1.54) is 25.0 Å². The zero-order valence-corrected chi connectivity index (χ0v) is 11.8. The van der Waals surface area contributed by atoms with E-state index in [-0.39, 0.29) is 5.54 Å². The average Bonchev–Trinajstić information content (AvgIpc) is 2.39. The van der Waals surface area contributed by atoms with E-state index in [1.54, 1.807) is 0 Å². The number of hydrogen-bond donors (Lipinski definition) is 1. The Morgan fingerprint density at radius 2 is 2.12 bits per heavy atom. The Hall–Kier alpha value is -0.240. The molecule has 1 fully saturated rings. The maximum absolute atomic E-state index is 9.01. The molecule has 0 spiro atoms. The predicted octanol–water partition coefficient (Wildman–Crippen LogP) is 2.57. The maximum Gasteiger partial charge on any atom is 0.103 e. The molecule has 1 atom stereocenters. The van der Waals surface area contributed by atoms with Crippen LogP contribution in [0.4, 0.5) is 0 Å². The van der Waals surface area contributed by atoms with Gasteiger partial charge in [-0.05, 0) is 51.8 Å². The number of nitrogens with one attached hydrogen (secondary N) is 1. The van der Waals surface area contributed by atoms with Gasteiger partial charge in [0, 0.05) is 18.5 Å². The van der Waals surface area contributed by atoms with Crippen LogP contribution in [0.5, 0.6) is 0 Å². The molecule has 0 aromatic rings. The van der Waals surface area contributed by atoms with Crippen LogP contribution in [0.3, 0.4) is 0 Å². The van der Waals surface area contributed by atoms with Gasteiger partial charge in [-0.1, -0.05) is 0 Å². The van der Waals surface area contributed by atoms with Crippen LogP contribution in [0.1, 0.15) is 39.0 Å². The summed E-state index contributed by atoms with van der Waals surface area (Å²) in [4.78, 5) is 0. The summed E-state index contributed by atoms with van der Waals surface area (Å²) >= 11 is 2.08. The number of nitrogens with zero attached hydrogens (tertiary/aromatic N) is 1. The highest BCUT2D eigenvalue weighted by Gasteiger charge is 2.20. The zero-order chi connectivity index (χ0) is 12.6. The summed E-state index contributed by atoms with van der Waals surface area (Å²) < 4.78 is 5.34. The highest BCUT2D eigenvalue weighted by atomic mass is 32.2. The Morgan fingerprint density at radius 3 is 2.71 bits per heavy atom. The standard InChI is InChI=1S/C13H24N2OS/c1-13(11-14,15-2)7-3-4-10-17-12-5-8-16-9-6-12/h12,15H,3-10H2,1-2H3. The van der Waals surface area contributed by atoms with Gasteiger partial charge in [-0.25, -0.2) is 0 Å². The summed E-state index contributed by atoms with van der Waals surface area (Å²) in [6.45, 7) is 3.84. The lowest BCUT2D eigenvalue weighted by Crippen LogP contribution is -2.37. The lowest BCUT2D eigenvalue weighted by molar-refractivity contribution is 0.100. The smallest absolute Gasteiger partial charge is 0.103 e. The molecular weight excluding hydrogens is 232 g/mol. The first-order valence-electron chi connectivity index (χ1n) is 6.50. The van der Waals surface area contributed by atoms with E-state index in [1.807, 2.05) is 14.0 Å². The van der Waals surface area contributed by atoms with Crippen LogP contribution < -0.4 is 5.32 Å². The fraction of sp³-hybridized carbons (Fsp3) is 0.923. The molecule has 17 heavy (non-hydrogen) atoms. The van der Waals surface area contributed by atoms with Crippen LogP contribution in [0, 0.1) is 11.3 Å². The topological polar surface area (TPSA) is 45.0 Å². The Balaban J connectivity index is 2.02. The molecule has 0 aromatic heterocycles. The Labute approximate surface area is 109 Å². The molecule has 0 radical (unpaired) electrons. The second kappa shape index (κ2) is 7.97. The average molecular weight is 256 g/mol. The molecule has 1 aliphatic rings. The van der Waals surface area contributed by atoms with Gasteiger partial charge in [-0.15, -0.1) is 0 Å². The summed E-state index contributed by atoms with van der Waals surface area (Å²) in [7, 11) is 1.86. The molecule has 1 saturated heterocycles. The Bertz CT molecular complexity index is 248. The first-order valence-corrected chi connectivity index (χ1v) is 7.54. The molecule has 0 aromatic carbocycles. The third-order valence-corrected chi connectivity index (χ3v) is 4.86. The fourth-order valence-corrected chi connectivity index (χ4v) is 3.14. The largest absolute Gasteiger partial charge is 0.381 e. The summed E-state index contributed by atoms with van der Waals surface area (Å²) in [5.41, 5.74) is -0.344. The molecule has 1 unspecified atom stereocenters. The molecular formula is C13H24N2OS. The third kappa shape index (κ3) is 5.76. The molecule has 0 amide bonds. The monoisotopic (exact) mass is 256 g/mol. The maximum atomic E-state index is 9.01. The normalized spacial score (nSPS) is 20.8. The number of hydrogen-bond acceptors (Lipinski definition) is 4.